The van der Waals surface area contributed by atoms with Crippen LogP contribution in [0.3, 0.4) is 0 Å². The molecule has 2 fully saturated rings. The maximum atomic E-state index is 13.7. The van der Waals surface area contributed by atoms with Crippen LogP contribution in [0.15, 0.2) is 24.3 Å². The van der Waals surface area contributed by atoms with Crippen LogP contribution in [0, 0.1) is 13.8 Å². The molecule has 1 aromatic carbocycles. The first kappa shape index (κ1) is 25.9. The largest absolute Gasteiger partial charge is 0.489 e. The lowest BCUT2D eigenvalue weighted by molar-refractivity contribution is -0.00715. The highest BCUT2D eigenvalue weighted by molar-refractivity contribution is 6.31. The van der Waals surface area contributed by atoms with Gasteiger partial charge >= 0.3 is 6.09 Å². The van der Waals surface area contributed by atoms with Crippen LogP contribution in [0.25, 0.3) is 5.65 Å². The first-order chi connectivity index (χ1) is 18.5. The second-order valence-electron chi connectivity index (χ2n) is 11.9. The maximum Gasteiger partial charge on any atom is 0.410 e. The molecule has 2 aromatic heterocycles. The third kappa shape index (κ3) is 4.60. The molecule has 3 aromatic rings. The number of hydrogen-bond donors (Lipinski definition) is 0. The Labute approximate surface area is 233 Å². The van der Waals surface area contributed by atoms with Crippen molar-refractivity contribution in [3.05, 3.63) is 57.5 Å². The fourth-order valence-corrected chi connectivity index (χ4v) is 6.31. The van der Waals surface area contributed by atoms with E-state index in [1.807, 2.05) is 63.8 Å². The van der Waals surface area contributed by atoms with Crippen LogP contribution < -0.4 is 4.74 Å². The molecule has 0 spiro atoms. The summed E-state index contributed by atoms with van der Waals surface area (Å²) >= 11 is 6.38. The fraction of sp³-hybridized carbons (Fsp3) is 0.517. The van der Waals surface area contributed by atoms with Crippen molar-refractivity contribution in [1.82, 2.24) is 24.4 Å². The number of piperidine rings is 1. The van der Waals surface area contributed by atoms with Crippen LogP contribution in [0.1, 0.15) is 79.5 Å². The zero-order chi connectivity index (χ0) is 27.6. The van der Waals surface area contributed by atoms with E-state index in [-0.39, 0.29) is 30.2 Å². The van der Waals surface area contributed by atoms with Gasteiger partial charge in [0.2, 0.25) is 0 Å². The molecule has 206 valence electrons. The fourth-order valence-electron chi connectivity index (χ4n) is 6.19. The molecule has 0 N–H and O–H groups in total. The Morgan fingerprint density at radius 3 is 2.44 bits per heavy atom. The number of aromatic nitrogens is 3. The number of ether oxygens (including phenoxy) is 2. The third-order valence-corrected chi connectivity index (χ3v) is 8.50. The number of hydrogen-bond acceptors (Lipinski definition) is 6. The van der Waals surface area contributed by atoms with Crippen LogP contribution in [0.5, 0.6) is 5.75 Å². The summed E-state index contributed by atoms with van der Waals surface area (Å²) in [5.74, 6) is 0.478. The summed E-state index contributed by atoms with van der Waals surface area (Å²) in [6.45, 7) is 10.3. The molecule has 2 bridgehead atoms. The van der Waals surface area contributed by atoms with E-state index in [9.17, 15) is 9.59 Å². The molecular weight excluding hydrogens is 518 g/mol. The number of amides is 2. The van der Waals surface area contributed by atoms with Gasteiger partial charge in [-0.2, -0.15) is 5.10 Å². The zero-order valence-electron chi connectivity index (χ0n) is 23.0. The second-order valence-corrected chi connectivity index (χ2v) is 12.3. The normalized spacial score (nSPS) is 22.4. The Bertz CT molecular complexity index is 1460. The molecule has 0 saturated carbocycles. The summed E-state index contributed by atoms with van der Waals surface area (Å²) in [6.07, 6.45) is 3.00. The number of halogens is 1. The highest BCUT2D eigenvalue weighted by Gasteiger charge is 2.46. The van der Waals surface area contributed by atoms with Crippen molar-refractivity contribution in [3.63, 3.8) is 0 Å². The Balaban J connectivity index is 1.17. The molecule has 6 rings (SSSR count). The van der Waals surface area contributed by atoms with Gasteiger partial charge in [0.25, 0.3) is 5.91 Å². The van der Waals surface area contributed by atoms with Gasteiger partial charge in [0, 0.05) is 30.5 Å². The number of nitrogens with zero attached hydrogens (tertiary/aromatic N) is 5. The number of aryl methyl sites for hydroxylation is 2. The molecule has 0 radical (unpaired) electrons. The highest BCUT2D eigenvalue weighted by Crippen LogP contribution is 2.39. The van der Waals surface area contributed by atoms with E-state index in [0.29, 0.717) is 29.4 Å². The average molecular weight is 552 g/mol. The Hall–Kier alpha value is -3.33. The number of carbonyl (C=O) groups is 2. The zero-order valence-corrected chi connectivity index (χ0v) is 23.8. The summed E-state index contributed by atoms with van der Waals surface area (Å²) in [5.41, 5.74) is 4.14. The van der Waals surface area contributed by atoms with Crippen molar-refractivity contribution in [2.24, 2.45) is 0 Å². The SMILES string of the molecule is Cc1nc2c3c(nn2c(C)c1Cl)CN(C(=O)c1ccccc1OC1C[C@H]2CC[C@@H](C1)N2C(=O)OC(C)(C)C)C3. The van der Waals surface area contributed by atoms with Gasteiger partial charge in [-0.15, -0.1) is 0 Å². The number of benzene rings is 1. The van der Waals surface area contributed by atoms with Gasteiger partial charge in [0.15, 0.2) is 5.65 Å². The van der Waals surface area contributed by atoms with Crippen LogP contribution in [0.4, 0.5) is 4.79 Å². The summed E-state index contributed by atoms with van der Waals surface area (Å²) in [7, 11) is 0. The van der Waals surface area contributed by atoms with Crippen molar-refractivity contribution >= 4 is 29.2 Å². The van der Waals surface area contributed by atoms with E-state index >= 15 is 0 Å². The predicted molar refractivity (Wildman–Crippen MR) is 146 cm³/mol. The van der Waals surface area contributed by atoms with Gasteiger partial charge in [0.1, 0.15) is 17.5 Å². The molecule has 3 aliphatic heterocycles. The standard InChI is InChI=1S/C29H34ClN5O4/c1-16-25(30)17(2)35-26(31-16)22-14-33(15-23(22)32-35)27(36)21-8-6-7-9-24(21)38-20-12-18-10-11-19(13-20)34(18)28(37)39-29(3,4)5/h6-9,18-20H,10-15H2,1-5H3/t18-,19+,20?. The van der Waals surface area contributed by atoms with Crippen LogP contribution in [0.2, 0.25) is 5.02 Å². The van der Waals surface area contributed by atoms with Gasteiger partial charge in [-0.25, -0.2) is 14.3 Å². The monoisotopic (exact) mass is 551 g/mol. The number of fused-ring (bicyclic) bond motifs is 5. The Morgan fingerprint density at radius 2 is 1.74 bits per heavy atom. The number of carbonyl (C=O) groups excluding carboxylic acids is 2. The van der Waals surface area contributed by atoms with Crippen molar-refractivity contribution in [2.75, 3.05) is 0 Å². The molecular formula is C29H34ClN5O4. The summed E-state index contributed by atoms with van der Waals surface area (Å²) in [4.78, 5) is 34.9. The van der Waals surface area contributed by atoms with E-state index in [0.717, 1.165) is 54.0 Å². The van der Waals surface area contributed by atoms with Gasteiger partial charge in [0.05, 0.1) is 40.8 Å². The molecule has 10 heteroatoms. The first-order valence-corrected chi connectivity index (χ1v) is 14.0. The number of rotatable bonds is 3. The molecule has 3 aliphatic rings. The molecule has 9 nitrogen and oxygen atoms in total. The maximum absolute atomic E-state index is 13.7. The topological polar surface area (TPSA) is 89.3 Å². The van der Waals surface area contributed by atoms with Gasteiger partial charge in [-0.05, 0) is 59.6 Å². The quantitative estimate of drug-likeness (QED) is 0.429. The van der Waals surface area contributed by atoms with Gasteiger partial charge in [-0.1, -0.05) is 23.7 Å². The van der Waals surface area contributed by atoms with E-state index in [4.69, 9.17) is 26.2 Å². The molecule has 1 unspecified atom stereocenters. The minimum Gasteiger partial charge on any atom is -0.489 e. The smallest absolute Gasteiger partial charge is 0.410 e. The minimum atomic E-state index is -0.525. The predicted octanol–water partition coefficient (Wildman–Crippen LogP) is 5.46. The van der Waals surface area contributed by atoms with Crippen molar-refractivity contribution in [1.29, 1.82) is 0 Å². The second kappa shape index (κ2) is 9.40. The molecule has 2 saturated heterocycles. The Kier molecular flexibility index (Phi) is 6.25. The minimum absolute atomic E-state index is 0.0741. The van der Waals surface area contributed by atoms with E-state index in [2.05, 4.69) is 4.98 Å². The van der Waals surface area contributed by atoms with Crippen molar-refractivity contribution < 1.29 is 19.1 Å². The van der Waals surface area contributed by atoms with Crippen LogP contribution >= 0.6 is 11.6 Å². The summed E-state index contributed by atoms with van der Waals surface area (Å²) in [5, 5.41) is 5.31. The molecule has 0 aliphatic carbocycles. The third-order valence-electron chi connectivity index (χ3n) is 7.95. The summed E-state index contributed by atoms with van der Waals surface area (Å²) < 4.78 is 13.9. The lowest BCUT2D eigenvalue weighted by atomic mass is 10.00. The highest BCUT2D eigenvalue weighted by atomic mass is 35.5. The Morgan fingerprint density at radius 1 is 1.05 bits per heavy atom. The van der Waals surface area contributed by atoms with Crippen molar-refractivity contribution in [3.8, 4) is 5.75 Å². The van der Waals surface area contributed by atoms with E-state index in [1.54, 1.807) is 9.42 Å². The average Bonchev–Trinajstić information content (AvgIpc) is 3.52. The molecule has 3 atom stereocenters. The lowest BCUT2D eigenvalue weighted by Crippen LogP contribution is -2.50. The molecule has 5 heterocycles. The summed E-state index contributed by atoms with van der Waals surface area (Å²) in [6, 6.07) is 7.60. The van der Waals surface area contributed by atoms with Crippen molar-refractivity contribution in [2.45, 2.75) is 97.2 Å². The van der Waals surface area contributed by atoms with Gasteiger partial charge < -0.3 is 19.3 Å². The lowest BCUT2D eigenvalue weighted by Gasteiger charge is -2.39. The molecule has 2 amide bonds. The van der Waals surface area contributed by atoms with E-state index < -0.39 is 5.60 Å². The van der Waals surface area contributed by atoms with Crippen LogP contribution in [-0.2, 0) is 17.8 Å². The van der Waals surface area contributed by atoms with E-state index in [1.165, 1.54) is 0 Å². The van der Waals surface area contributed by atoms with Crippen LogP contribution in [-0.4, -0.2) is 60.2 Å². The first-order valence-electron chi connectivity index (χ1n) is 13.6. The number of para-hydroxylation sites is 1. The van der Waals surface area contributed by atoms with Gasteiger partial charge in [-0.3, -0.25) is 4.79 Å². The molecule has 39 heavy (non-hydrogen) atoms.